The quantitative estimate of drug-likeness (QED) is 0.624. The van der Waals surface area contributed by atoms with Crippen LogP contribution in [0.2, 0.25) is 0 Å². The molecule has 78 valence electrons. The fraction of sp³-hybridized carbons (Fsp3) is 0.143. The maximum absolute atomic E-state index is 4.08. The molecule has 0 amide bonds. The second-order valence-electron chi connectivity index (χ2n) is 3.42. The summed E-state index contributed by atoms with van der Waals surface area (Å²) in [5.41, 5.74) is 2.74. The molecule has 0 spiro atoms. The maximum Gasteiger partial charge on any atom is 0.00399 e. The van der Waals surface area contributed by atoms with E-state index in [1.54, 1.807) is 0 Å². The third-order valence-corrected chi connectivity index (χ3v) is 2.48. The van der Waals surface area contributed by atoms with Gasteiger partial charge in [-0.3, -0.25) is 0 Å². The van der Waals surface area contributed by atoms with Gasteiger partial charge in [-0.15, -0.1) is 12.6 Å². The summed E-state index contributed by atoms with van der Waals surface area (Å²) in [6.45, 7) is 4.24. The van der Waals surface area contributed by atoms with Crippen molar-refractivity contribution in [3.63, 3.8) is 0 Å². The minimum Gasteiger partial charge on any atom is -0.143 e. The van der Waals surface area contributed by atoms with Gasteiger partial charge in [0.2, 0.25) is 0 Å². The predicted molar refractivity (Wildman–Crippen MR) is 69.6 cm³/mol. The van der Waals surface area contributed by atoms with Gasteiger partial charge in [-0.05, 0) is 37.1 Å². The van der Waals surface area contributed by atoms with Crippen LogP contribution >= 0.6 is 12.6 Å². The Kier molecular flexibility index (Phi) is 4.99. The lowest BCUT2D eigenvalue weighted by Crippen LogP contribution is -1.74. The second-order valence-corrected chi connectivity index (χ2v) is 3.94. The molecule has 0 saturated carbocycles. The molecule has 0 bridgehead atoms. The molecule has 0 nitrogen and oxygen atoms in total. The topological polar surface area (TPSA) is 0 Å². The Hall–Kier alpha value is -1.21. The van der Waals surface area contributed by atoms with Crippen molar-refractivity contribution >= 4 is 12.6 Å². The van der Waals surface area contributed by atoms with Crippen LogP contribution in [-0.4, -0.2) is 0 Å². The van der Waals surface area contributed by atoms with Gasteiger partial charge in [0.05, 0.1) is 0 Å². The van der Waals surface area contributed by atoms with Crippen LogP contribution in [0.4, 0.5) is 0 Å². The molecule has 2 aromatic carbocycles. The molecule has 0 atom stereocenters. The molecule has 2 rings (SSSR count). The van der Waals surface area contributed by atoms with Gasteiger partial charge in [-0.2, -0.15) is 0 Å². The first-order valence-electron chi connectivity index (χ1n) is 4.96. The molecule has 0 heterocycles. The highest BCUT2D eigenvalue weighted by molar-refractivity contribution is 7.80. The lowest BCUT2D eigenvalue weighted by atomic mass is 10.1. The van der Waals surface area contributed by atoms with Crippen molar-refractivity contribution in [1.29, 1.82) is 0 Å². The largest absolute Gasteiger partial charge is 0.143 e. The number of thiol groups is 1. The molecule has 1 heteroatoms. The fourth-order valence-electron chi connectivity index (χ4n) is 1.09. The molecule has 0 aliphatic rings. The molecule has 0 saturated heterocycles. The monoisotopic (exact) mass is 216 g/mol. The molecule has 2 aromatic rings. The molecule has 0 aromatic heterocycles. The third kappa shape index (κ3) is 4.71. The zero-order chi connectivity index (χ0) is 11.1. The van der Waals surface area contributed by atoms with Gasteiger partial charge in [0.25, 0.3) is 0 Å². The maximum atomic E-state index is 4.08. The summed E-state index contributed by atoms with van der Waals surface area (Å²) in [4.78, 5) is 1.02. The minimum atomic E-state index is 1.02. The van der Waals surface area contributed by atoms with Gasteiger partial charge in [0, 0.05) is 4.90 Å². The molecule has 0 aliphatic heterocycles. The van der Waals surface area contributed by atoms with Gasteiger partial charge in [-0.25, -0.2) is 0 Å². The summed E-state index contributed by atoms with van der Waals surface area (Å²) in [5.74, 6) is 0. The Morgan fingerprint density at radius 1 is 0.667 bits per heavy atom. The van der Waals surface area contributed by atoms with Crippen LogP contribution in [-0.2, 0) is 0 Å². The number of benzene rings is 2. The lowest BCUT2D eigenvalue weighted by molar-refractivity contribution is 1.34. The van der Waals surface area contributed by atoms with Crippen LogP contribution in [0.1, 0.15) is 11.1 Å². The molecule has 0 radical (unpaired) electrons. The number of hydrogen-bond donors (Lipinski definition) is 1. The Labute approximate surface area is 97.4 Å². The van der Waals surface area contributed by atoms with Crippen molar-refractivity contribution in [2.75, 3.05) is 0 Å². The summed E-state index contributed by atoms with van der Waals surface area (Å²) in [6, 6.07) is 18.1. The second kappa shape index (κ2) is 6.31. The van der Waals surface area contributed by atoms with Gasteiger partial charge in [0.1, 0.15) is 0 Å². The predicted octanol–water partition coefficient (Wildman–Crippen LogP) is 4.28. The summed E-state index contributed by atoms with van der Waals surface area (Å²) < 4.78 is 0. The van der Waals surface area contributed by atoms with Crippen molar-refractivity contribution in [3.8, 4) is 0 Å². The van der Waals surface area contributed by atoms with Crippen molar-refractivity contribution in [1.82, 2.24) is 0 Å². The first-order valence-corrected chi connectivity index (χ1v) is 5.41. The van der Waals surface area contributed by atoms with Gasteiger partial charge < -0.3 is 0 Å². The van der Waals surface area contributed by atoms with Crippen LogP contribution in [0.25, 0.3) is 0 Å². The molecule has 0 unspecified atom stereocenters. The molecule has 0 aliphatic carbocycles. The summed E-state index contributed by atoms with van der Waals surface area (Å²) in [7, 11) is 0. The summed E-state index contributed by atoms with van der Waals surface area (Å²) >= 11 is 4.08. The smallest absolute Gasteiger partial charge is 0.00399 e. The highest BCUT2D eigenvalue weighted by Crippen LogP contribution is 2.02. The SMILES string of the molecule is Cc1ccccc1C.Sc1ccccc1. The van der Waals surface area contributed by atoms with E-state index in [1.807, 2.05) is 30.3 Å². The van der Waals surface area contributed by atoms with Crippen molar-refractivity contribution in [2.24, 2.45) is 0 Å². The van der Waals surface area contributed by atoms with Crippen LogP contribution in [0, 0.1) is 13.8 Å². The van der Waals surface area contributed by atoms with E-state index in [4.69, 9.17) is 0 Å². The highest BCUT2D eigenvalue weighted by Gasteiger charge is 1.83. The van der Waals surface area contributed by atoms with Gasteiger partial charge in [-0.1, -0.05) is 42.5 Å². The summed E-state index contributed by atoms with van der Waals surface area (Å²) in [6.07, 6.45) is 0. The average Bonchev–Trinajstić information content (AvgIpc) is 2.25. The van der Waals surface area contributed by atoms with E-state index in [2.05, 4.69) is 50.7 Å². The van der Waals surface area contributed by atoms with E-state index < -0.39 is 0 Å². The Morgan fingerprint density at radius 2 is 1.07 bits per heavy atom. The number of hydrogen-bond acceptors (Lipinski definition) is 1. The third-order valence-electron chi connectivity index (χ3n) is 2.18. The average molecular weight is 216 g/mol. The van der Waals surface area contributed by atoms with Crippen molar-refractivity contribution in [2.45, 2.75) is 18.7 Å². The Morgan fingerprint density at radius 3 is 1.33 bits per heavy atom. The zero-order valence-electron chi connectivity index (χ0n) is 9.14. The van der Waals surface area contributed by atoms with Crippen LogP contribution in [0.3, 0.4) is 0 Å². The van der Waals surface area contributed by atoms with Crippen LogP contribution in [0.15, 0.2) is 59.5 Å². The van der Waals surface area contributed by atoms with Crippen LogP contribution < -0.4 is 0 Å². The van der Waals surface area contributed by atoms with Crippen LogP contribution in [0.5, 0.6) is 0 Å². The lowest BCUT2D eigenvalue weighted by Gasteiger charge is -1.93. The minimum absolute atomic E-state index is 1.02. The Balaban J connectivity index is 0.000000151. The van der Waals surface area contributed by atoms with Crippen molar-refractivity contribution in [3.05, 3.63) is 65.7 Å². The van der Waals surface area contributed by atoms with E-state index in [-0.39, 0.29) is 0 Å². The molecule has 0 fully saturated rings. The zero-order valence-corrected chi connectivity index (χ0v) is 10.0. The first-order chi connectivity index (χ1) is 7.20. The molecular weight excluding hydrogens is 200 g/mol. The van der Waals surface area contributed by atoms with E-state index in [1.165, 1.54) is 11.1 Å². The molecule has 15 heavy (non-hydrogen) atoms. The van der Waals surface area contributed by atoms with Gasteiger partial charge in [0.15, 0.2) is 0 Å². The number of aryl methyl sites for hydroxylation is 2. The van der Waals surface area contributed by atoms with E-state index >= 15 is 0 Å². The highest BCUT2D eigenvalue weighted by atomic mass is 32.1. The van der Waals surface area contributed by atoms with E-state index in [0.717, 1.165) is 4.90 Å². The fourth-order valence-corrected chi connectivity index (χ4v) is 1.26. The van der Waals surface area contributed by atoms with E-state index in [9.17, 15) is 0 Å². The van der Waals surface area contributed by atoms with Gasteiger partial charge >= 0.3 is 0 Å². The molecular formula is C14H16S. The Bertz CT molecular complexity index is 372. The molecule has 0 N–H and O–H groups in total. The standard InChI is InChI=1S/C8H10.C6H6S/c1-7-5-3-4-6-8(7)2;7-6-4-2-1-3-5-6/h3-6H,1-2H3;1-5,7H. The first kappa shape index (κ1) is 11.9. The van der Waals surface area contributed by atoms with Crippen molar-refractivity contribution < 1.29 is 0 Å². The number of rotatable bonds is 0. The normalized spacial score (nSPS) is 9.00. The summed E-state index contributed by atoms with van der Waals surface area (Å²) in [5, 5.41) is 0. The van der Waals surface area contributed by atoms with E-state index in [0.29, 0.717) is 0 Å².